The second-order valence-electron chi connectivity index (χ2n) is 8.88. The van der Waals surface area contributed by atoms with Crippen LogP contribution < -0.4 is 9.64 Å². The number of aromatic nitrogens is 2. The lowest BCUT2D eigenvalue weighted by molar-refractivity contribution is 0.312. The molecule has 4 rings (SSSR count). The maximum atomic E-state index is 6.07. The monoisotopic (exact) mass is 429 g/mol. The van der Waals surface area contributed by atoms with Crippen molar-refractivity contribution in [3.63, 3.8) is 0 Å². The molecule has 4 nitrogen and oxygen atoms in total. The van der Waals surface area contributed by atoms with Gasteiger partial charge in [0, 0.05) is 30.9 Å². The minimum absolute atomic E-state index is 0.704. The summed E-state index contributed by atoms with van der Waals surface area (Å²) in [5, 5.41) is 0. The van der Waals surface area contributed by atoms with Gasteiger partial charge in [0.15, 0.2) is 5.82 Å². The van der Waals surface area contributed by atoms with E-state index >= 15 is 0 Å². The maximum Gasteiger partial charge on any atom is 0.161 e. The van der Waals surface area contributed by atoms with Gasteiger partial charge in [-0.25, -0.2) is 9.97 Å². The molecule has 1 aromatic heterocycles. The fourth-order valence-electron chi connectivity index (χ4n) is 4.64. The number of fused-ring (bicyclic) bond motifs is 1. The Morgan fingerprint density at radius 1 is 1.09 bits per heavy atom. The van der Waals surface area contributed by atoms with Crippen molar-refractivity contribution in [1.29, 1.82) is 0 Å². The van der Waals surface area contributed by atoms with Crippen molar-refractivity contribution in [2.45, 2.75) is 58.8 Å². The molecule has 0 saturated heterocycles. The number of nitrogens with zero attached hydrogens (tertiary/aromatic N) is 3. The van der Waals surface area contributed by atoms with Gasteiger partial charge in [0.05, 0.1) is 6.61 Å². The number of rotatable bonds is 9. The van der Waals surface area contributed by atoms with E-state index in [1.807, 2.05) is 6.20 Å². The van der Waals surface area contributed by atoms with E-state index in [2.05, 4.69) is 80.2 Å². The van der Waals surface area contributed by atoms with Gasteiger partial charge in [0.2, 0.25) is 0 Å². The van der Waals surface area contributed by atoms with Crippen molar-refractivity contribution in [3.8, 4) is 17.1 Å². The van der Waals surface area contributed by atoms with Crippen LogP contribution in [0.3, 0.4) is 0 Å². The zero-order valence-corrected chi connectivity index (χ0v) is 19.9. The first-order chi connectivity index (χ1) is 15.6. The molecule has 168 valence electrons. The largest absolute Gasteiger partial charge is 0.494 e. The minimum atomic E-state index is 0.704. The van der Waals surface area contributed by atoms with Gasteiger partial charge in [0.1, 0.15) is 11.6 Å². The minimum Gasteiger partial charge on any atom is -0.494 e. The summed E-state index contributed by atoms with van der Waals surface area (Å²) >= 11 is 0. The molecule has 1 heterocycles. The zero-order chi connectivity index (χ0) is 22.5. The molecule has 4 heteroatoms. The molecule has 0 unspecified atom stereocenters. The van der Waals surface area contributed by atoms with Crippen LogP contribution in [0.25, 0.3) is 11.4 Å². The molecular weight excluding hydrogens is 394 g/mol. The molecule has 1 aliphatic rings. The highest BCUT2D eigenvalue weighted by Crippen LogP contribution is 2.37. The van der Waals surface area contributed by atoms with E-state index in [0.29, 0.717) is 6.61 Å². The van der Waals surface area contributed by atoms with Gasteiger partial charge in [-0.3, -0.25) is 0 Å². The van der Waals surface area contributed by atoms with Crippen molar-refractivity contribution < 1.29 is 4.74 Å². The van der Waals surface area contributed by atoms with Crippen molar-refractivity contribution in [1.82, 2.24) is 9.97 Å². The highest BCUT2D eigenvalue weighted by Gasteiger charge is 2.21. The lowest BCUT2D eigenvalue weighted by Gasteiger charge is -2.21. The number of aryl methyl sites for hydroxylation is 3. The second-order valence-corrected chi connectivity index (χ2v) is 8.88. The number of ether oxygens (including phenoxy) is 1. The van der Waals surface area contributed by atoms with Crippen LogP contribution in [0.2, 0.25) is 0 Å². The van der Waals surface area contributed by atoms with E-state index in [-0.39, 0.29) is 0 Å². The Morgan fingerprint density at radius 3 is 2.66 bits per heavy atom. The summed E-state index contributed by atoms with van der Waals surface area (Å²) in [6, 6.07) is 15.2. The van der Waals surface area contributed by atoms with Crippen LogP contribution in [0, 0.1) is 6.92 Å². The van der Waals surface area contributed by atoms with E-state index in [1.54, 1.807) is 0 Å². The van der Waals surface area contributed by atoms with Crippen LogP contribution in [0.1, 0.15) is 61.3 Å². The molecule has 0 spiro atoms. The molecule has 1 atom stereocenters. The Bertz CT molecular complexity index is 1050. The molecule has 0 amide bonds. The van der Waals surface area contributed by atoms with Gasteiger partial charge >= 0.3 is 0 Å². The first-order valence-corrected chi connectivity index (χ1v) is 12.0. The number of hydrogen-bond acceptors (Lipinski definition) is 4. The van der Waals surface area contributed by atoms with Crippen molar-refractivity contribution in [3.05, 3.63) is 70.9 Å². The topological polar surface area (TPSA) is 38.2 Å². The smallest absolute Gasteiger partial charge is 0.161 e. The maximum absolute atomic E-state index is 6.07. The SMILES string of the molecule is CCc1ccc(-c2ncc(C)c(N(C)CCCOc3ccc4c(c3)CC[C@H]4CC)n2)cc1. The molecule has 32 heavy (non-hydrogen) atoms. The average molecular weight is 430 g/mol. The molecular formula is C28H35N3O. The average Bonchev–Trinajstić information content (AvgIpc) is 3.24. The van der Waals surface area contributed by atoms with E-state index in [0.717, 1.165) is 53.8 Å². The number of benzene rings is 2. The first-order valence-electron chi connectivity index (χ1n) is 12.0. The Balaban J connectivity index is 1.33. The molecule has 0 radical (unpaired) electrons. The van der Waals surface area contributed by atoms with Crippen molar-refractivity contribution >= 4 is 5.82 Å². The van der Waals surface area contributed by atoms with Gasteiger partial charge in [-0.2, -0.15) is 0 Å². The third-order valence-corrected chi connectivity index (χ3v) is 6.64. The highest BCUT2D eigenvalue weighted by molar-refractivity contribution is 5.59. The molecule has 0 bridgehead atoms. The lowest BCUT2D eigenvalue weighted by Crippen LogP contribution is -2.22. The van der Waals surface area contributed by atoms with Crippen LogP contribution in [-0.4, -0.2) is 30.2 Å². The van der Waals surface area contributed by atoms with Gasteiger partial charge < -0.3 is 9.64 Å². The molecule has 0 aliphatic heterocycles. The molecule has 3 aromatic rings. The Labute approximate surface area is 192 Å². The quantitative estimate of drug-likeness (QED) is 0.371. The summed E-state index contributed by atoms with van der Waals surface area (Å²) < 4.78 is 6.07. The van der Waals surface area contributed by atoms with Gasteiger partial charge in [-0.05, 0) is 73.8 Å². The van der Waals surface area contributed by atoms with Crippen molar-refractivity contribution in [2.24, 2.45) is 0 Å². The van der Waals surface area contributed by atoms with Crippen LogP contribution in [0.5, 0.6) is 5.75 Å². The molecule has 0 saturated carbocycles. The summed E-state index contributed by atoms with van der Waals surface area (Å²) in [6.45, 7) is 8.11. The predicted molar refractivity (Wildman–Crippen MR) is 133 cm³/mol. The summed E-state index contributed by atoms with van der Waals surface area (Å²) in [5.41, 5.74) is 6.47. The van der Waals surface area contributed by atoms with Crippen molar-refractivity contribution in [2.75, 3.05) is 25.1 Å². The van der Waals surface area contributed by atoms with E-state index in [9.17, 15) is 0 Å². The molecule has 1 aliphatic carbocycles. The molecule has 0 N–H and O–H groups in total. The van der Waals surface area contributed by atoms with E-state index in [4.69, 9.17) is 9.72 Å². The third kappa shape index (κ3) is 4.95. The number of anilines is 1. The molecule has 2 aromatic carbocycles. The highest BCUT2D eigenvalue weighted by atomic mass is 16.5. The summed E-state index contributed by atoms with van der Waals surface area (Å²) in [7, 11) is 2.10. The normalized spacial score (nSPS) is 14.9. The van der Waals surface area contributed by atoms with Gasteiger partial charge in [-0.15, -0.1) is 0 Å². The Morgan fingerprint density at radius 2 is 1.91 bits per heavy atom. The Kier molecular flexibility index (Phi) is 7.09. The molecule has 0 fully saturated rings. The van der Waals surface area contributed by atoms with Crippen LogP contribution in [-0.2, 0) is 12.8 Å². The fraction of sp³-hybridized carbons (Fsp3) is 0.429. The summed E-state index contributed by atoms with van der Waals surface area (Å²) in [6.07, 6.45) is 7.60. The summed E-state index contributed by atoms with van der Waals surface area (Å²) in [4.78, 5) is 11.6. The number of hydrogen-bond donors (Lipinski definition) is 0. The van der Waals surface area contributed by atoms with Crippen LogP contribution >= 0.6 is 0 Å². The van der Waals surface area contributed by atoms with Gasteiger partial charge in [-0.1, -0.05) is 44.2 Å². The zero-order valence-electron chi connectivity index (χ0n) is 19.9. The second kappa shape index (κ2) is 10.2. The predicted octanol–water partition coefficient (Wildman–Crippen LogP) is 6.36. The van der Waals surface area contributed by atoms with E-state index in [1.165, 1.54) is 36.0 Å². The third-order valence-electron chi connectivity index (χ3n) is 6.64. The standard InChI is InChI=1S/C28H35N3O/c1-5-21-8-10-23(11-9-21)27-29-19-20(3)28(30-27)31(4)16-7-17-32-25-14-15-26-22(6-2)12-13-24(26)18-25/h8-11,14-15,18-19,22H,5-7,12-13,16-17H2,1-4H3/t22-/m1/s1. The van der Waals surface area contributed by atoms with Crippen LogP contribution in [0.4, 0.5) is 5.82 Å². The lowest BCUT2D eigenvalue weighted by atomic mass is 9.99. The van der Waals surface area contributed by atoms with E-state index < -0.39 is 0 Å². The first kappa shape index (κ1) is 22.3. The fourth-order valence-corrected chi connectivity index (χ4v) is 4.64. The summed E-state index contributed by atoms with van der Waals surface area (Å²) in [5.74, 6) is 3.50. The van der Waals surface area contributed by atoms with Gasteiger partial charge in [0.25, 0.3) is 0 Å². The Hall–Kier alpha value is -2.88. The van der Waals surface area contributed by atoms with Crippen LogP contribution in [0.15, 0.2) is 48.7 Å².